The summed E-state index contributed by atoms with van der Waals surface area (Å²) in [4.78, 5) is 28.4. The average molecular weight is 419 g/mol. The van der Waals surface area contributed by atoms with Crippen molar-refractivity contribution in [3.63, 3.8) is 0 Å². The molecule has 2 aromatic heterocycles. The first-order chi connectivity index (χ1) is 15.0. The number of piperidine rings is 1. The number of benzene rings is 1. The van der Waals surface area contributed by atoms with Crippen LogP contribution in [0.15, 0.2) is 55.0 Å². The Morgan fingerprint density at radius 3 is 2.71 bits per heavy atom. The molecule has 1 aromatic carbocycles. The Kier molecular flexibility index (Phi) is 6.35. The molecule has 6 heteroatoms. The highest BCUT2D eigenvalue weighted by Crippen LogP contribution is 2.31. The lowest BCUT2D eigenvalue weighted by molar-refractivity contribution is 0.0499. The molecule has 1 amide bonds. The van der Waals surface area contributed by atoms with E-state index in [1.807, 2.05) is 48.2 Å². The van der Waals surface area contributed by atoms with Crippen LogP contribution in [0.1, 0.15) is 47.9 Å². The number of likely N-dealkylation sites (tertiary alicyclic amines) is 1. The lowest BCUT2D eigenvalue weighted by atomic mass is 9.86. The summed E-state index contributed by atoms with van der Waals surface area (Å²) in [7, 11) is 0. The number of amides is 1. The van der Waals surface area contributed by atoms with Crippen molar-refractivity contribution in [1.82, 2.24) is 19.9 Å². The maximum atomic E-state index is 13.8. The van der Waals surface area contributed by atoms with Gasteiger partial charge in [0.25, 0.3) is 5.91 Å². The fourth-order valence-electron chi connectivity index (χ4n) is 4.42. The molecule has 160 valence electrons. The van der Waals surface area contributed by atoms with Crippen molar-refractivity contribution in [1.29, 1.82) is 0 Å². The van der Waals surface area contributed by atoms with Gasteiger partial charge < -0.3 is 4.90 Å². The standard InChI is InChI=1S/C25H27FN4O/c1-17-8-9-20(22-7-3-4-12-27-22)21(14-17)25(31)30-13-5-6-18(2)23(30)10-11-24-28-15-19(26)16-29-24/h3-4,7-9,12,14-16,18,23H,5-6,10-11,13H2,1-2H3/t18-,23-/m1/s1. The van der Waals surface area contributed by atoms with Gasteiger partial charge in [0.1, 0.15) is 5.82 Å². The van der Waals surface area contributed by atoms with Gasteiger partial charge >= 0.3 is 0 Å². The van der Waals surface area contributed by atoms with Gasteiger partial charge in [-0.05, 0) is 50.3 Å². The number of aryl methyl sites for hydroxylation is 2. The van der Waals surface area contributed by atoms with Gasteiger partial charge in [-0.25, -0.2) is 14.4 Å². The molecular formula is C25H27FN4O. The van der Waals surface area contributed by atoms with Gasteiger partial charge in [0.2, 0.25) is 0 Å². The number of aromatic nitrogens is 3. The summed E-state index contributed by atoms with van der Waals surface area (Å²) in [6.07, 6.45) is 7.57. The van der Waals surface area contributed by atoms with Crippen LogP contribution in [0.3, 0.4) is 0 Å². The Balaban J connectivity index is 1.61. The molecule has 0 radical (unpaired) electrons. The minimum atomic E-state index is -0.437. The lowest BCUT2D eigenvalue weighted by Crippen LogP contribution is -2.48. The molecule has 31 heavy (non-hydrogen) atoms. The number of hydrogen-bond acceptors (Lipinski definition) is 4. The number of carbonyl (C=O) groups excluding carboxylic acids is 1. The van der Waals surface area contributed by atoms with E-state index in [-0.39, 0.29) is 11.9 Å². The number of hydrogen-bond donors (Lipinski definition) is 0. The fourth-order valence-corrected chi connectivity index (χ4v) is 4.42. The largest absolute Gasteiger partial charge is 0.335 e. The van der Waals surface area contributed by atoms with E-state index in [9.17, 15) is 9.18 Å². The highest BCUT2D eigenvalue weighted by Gasteiger charge is 2.33. The Bertz CT molecular complexity index is 1040. The van der Waals surface area contributed by atoms with Crippen LogP contribution in [-0.4, -0.2) is 38.3 Å². The molecule has 4 rings (SSSR count). The highest BCUT2D eigenvalue weighted by atomic mass is 19.1. The van der Waals surface area contributed by atoms with E-state index in [1.54, 1.807) is 6.20 Å². The fraction of sp³-hybridized carbons (Fsp3) is 0.360. The second kappa shape index (κ2) is 9.33. The number of nitrogens with zero attached hydrogens (tertiary/aromatic N) is 4. The predicted molar refractivity (Wildman–Crippen MR) is 118 cm³/mol. The molecule has 0 saturated carbocycles. The molecule has 0 aliphatic carbocycles. The molecule has 2 atom stereocenters. The Labute approximate surface area is 182 Å². The van der Waals surface area contributed by atoms with Crippen molar-refractivity contribution in [2.45, 2.75) is 45.6 Å². The Morgan fingerprint density at radius 2 is 1.97 bits per heavy atom. The Morgan fingerprint density at radius 1 is 1.16 bits per heavy atom. The summed E-state index contributed by atoms with van der Waals surface area (Å²) in [5, 5.41) is 0. The van der Waals surface area contributed by atoms with E-state index in [1.165, 1.54) is 12.4 Å². The van der Waals surface area contributed by atoms with E-state index >= 15 is 0 Å². The van der Waals surface area contributed by atoms with E-state index in [0.717, 1.165) is 42.6 Å². The molecule has 1 fully saturated rings. The minimum Gasteiger partial charge on any atom is -0.335 e. The molecule has 0 bridgehead atoms. The second-order valence-electron chi connectivity index (χ2n) is 8.31. The minimum absolute atomic E-state index is 0.0425. The normalized spacial score (nSPS) is 18.7. The smallest absolute Gasteiger partial charge is 0.254 e. The van der Waals surface area contributed by atoms with E-state index in [4.69, 9.17) is 0 Å². The maximum Gasteiger partial charge on any atom is 0.254 e. The molecular weight excluding hydrogens is 391 g/mol. The van der Waals surface area contributed by atoms with Crippen LogP contribution in [0, 0.1) is 18.7 Å². The predicted octanol–water partition coefficient (Wildman–Crippen LogP) is 4.86. The van der Waals surface area contributed by atoms with Crippen molar-refractivity contribution in [2.24, 2.45) is 5.92 Å². The van der Waals surface area contributed by atoms with Crippen molar-refractivity contribution in [3.8, 4) is 11.3 Å². The third-order valence-corrected chi connectivity index (χ3v) is 6.06. The van der Waals surface area contributed by atoms with Crippen LogP contribution in [0.4, 0.5) is 4.39 Å². The van der Waals surface area contributed by atoms with Crippen LogP contribution in [0.2, 0.25) is 0 Å². The molecule has 1 aliphatic rings. The molecule has 1 saturated heterocycles. The van der Waals surface area contributed by atoms with Crippen molar-refractivity contribution < 1.29 is 9.18 Å². The van der Waals surface area contributed by atoms with Crippen molar-refractivity contribution >= 4 is 5.91 Å². The summed E-state index contributed by atoms with van der Waals surface area (Å²) < 4.78 is 13.1. The van der Waals surface area contributed by atoms with Crippen LogP contribution in [0.25, 0.3) is 11.3 Å². The van der Waals surface area contributed by atoms with E-state index in [2.05, 4.69) is 21.9 Å². The molecule has 5 nitrogen and oxygen atoms in total. The summed E-state index contributed by atoms with van der Waals surface area (Å²) in [6, 6.07) is 11.8. The average Bonchev–Trinajstić information content (AvgIpc) is 2.79. The van der Waals surface area contributed by atoms with Gasteiger partial charge in [-0.1, -0.05) is 30.7 Å². The Hall–Kier alpha value is -3.15. The number of pyridine rings is 1. The molecule has 3 aromatic rings. The van der Waals surface area contributed by atoms with Crippen LogP contribution in [0.5, 0.6) is 0 Å². The molecule has 1 aliphatic heterocycles. The van der Waals surface area contributed by atoms with Crippen LogP contribution in [-0.2, 0) is 6.42 Å². The second-order valence-corrected chi connectivity index (χ2v) is 8.31. The number of rotatable bonds is 5. The topological polar surface area (TPSA) is 59.0 Å². The van der Waals surface area contributed by atoms with E-state index < -0.39 is 5.82 Å². The monoisotopic (exact) mass is 418 g/mol. The summed E-state index contributed by atoms with van der Waals surface area (Å²) >= 11 is 0. The zero-order valence-corrected chi connectivity index (χ0v) is 18.0. The molecule has 3 heterocycles. The quantitative estimate of drug-likeness (QED) is 0.594. The summed E-state index contributed by atoms with van der Waals surface area (Å²) in [5.41, 5.74) is 3.39. The maximum absolute atomic E-state index is 13.8. The summed E-state index contributed by atoms with van der Waals surface area (Å²) in [6.45, 7) is 4.93. The van der Waals surface area contributed by atoms with Gasteiger partial charge in [0.05, 0.1) is 18.1 Å². The number of halogens is 1. The molecule has 0 N–H and O–H groups in total. The highest BCUT2D eigenvalue weighted by molar-refractivity contribution is 6.01. The van der Waals surface area contributed by atoms with Gasteiger partial charge in [-0.3, -0.25) is 9.78 Å². The first kappa shape index (κ1) is 21.1. The van der Waals surface area contributed by atoms with Crippen molar-refractivity contribution in [2.75, 3.05) is 6.54 Å². The van der Waals surface area contributed by atoms with Gasteiger partial charge in [0.15, 0.2) is 5.82 Å². The van der Waals surface area contributed by atoms with Crippen molar-refractivity contribution in [3.05, 3.63) is 77.8 Å². The first-order valence-electron chi connectivity index (χ1n) is 10.8. The lowest BCUT2D eigenvalue weighted by Gasteiger charge is -2.40. The van der Waals surface area contributed by atoms with Gasteiger partial charge in [-0.2, -0.15) is 0 Å². The first-order valence-corrected chi connectivity index (χ1v) is 10.8. The SMILES string of the molecule is Cc1ccc(-c2ccccn2)c(C(=O)N2CCC[C@@H](C)[C@H]2CCc2ncc(F)cn2)c1. The van der Waals surface area contributed by atoms with Gasteiger partial charge in [0, 0.05) is 36.3 Å². The van der Waals surface area contributed by atoms with E-state index in [0.29, 0.717) is 23.7 Å². The summed E-state index contributed by atoms with van der Waals surface area (Å²) in [5.74, 6) is 0.589. The van der Waals surface area contributed by atoms with Crippen LogP contribution >= 0.6 is 0 Å². The number of carbonyl (C=O) groups is 1. The zero-order valence-electron chi connectivity index (χ0n) is 18.0. The third kappa shape index (κ3) is 4.79. The van der Waals surface area contributed by atoms with Crippen LogP contribution < -0.4 is 0 Å². The zero-order chi connectivity index (χ0) is 21.8. The molecule has 0 unspecified atom stereocenters. The van der Waals surface area contributed by atoms with Gasteiger partial charge in [-0.15, -0.1) is 0 Å². The third-order valence-electron chi connectivity index (χ3n) is 6.06. The molecule has 0 spiro atoms.